The van der Waals surface area contributed by atoms with Gasteiger partial charge in [-0.05, 0) is 65.6 Å². The lowest BCUT2D eigenvalue weighted by molar-refractivity contribution is -0.150. The molecule has 0 spiro atoms. The maximum Gasteiger partial charge on any atom is 0.333 e. The second kappa shape index (κ2) is 11.2. The van der Waals surface area contributed by atoms with Gasteiger partial charge in [0.05, 0.1) is 6.61 Å². The number of rotatable bonds is 12. The van der Waals surface area contributed by atoms with Gasteiger partial charge in [0.15, 0.2) is 6.10 Å². The number of carboxylic acids is 1. The quantitative estimate of drug-likeness (QED) is 0.325. The van der Waals surface area contributed by atoms with Crippen LogP contribution in [-0.4, -0.2) is 30.4 Å². The topological polar surface area (TPSA) is 55.8 Å². The number of aliphatic carboxylic acids is 1. The van der Waals surface area contributed by atoms with Crippen LogP contribution >= 0.6 is 0 Å². The number of unbranched alkanes of at least 4 members (excludes halogenated alkanes) is 1. The summed E-state index contributed by atoms with van der Waals surface area (Å²) >= 11 is 0. The van der Waals surface area contributed by atoms with Gasteiger partial charge in [0, 0.05) is 18.9 Å². The van der Waals surface area contributed by atoms with Crippen molar-refractivity contribution in [1.82, 2.24) is 0 Å². The molecule has 1 unspecified atom stereocenters. The Labute approximate surface area is 196 Å². The molecule has 0 heterocycles. The minimum absolute atomic E-state index is 0.361. The molecule has 1 N–H and O–H groups in total. The zero-order chi connectivity index (χ0) is 23.0. The molecule has 33 heavy (non-hydrogen) atoms. The normalized spacial score (nSPS) is 13.4. The van der Waals surface area contributed by atoms with Crippen LogP contribution in [0.4, 0.5) is 0 Å². The molecule has 0 aromatic heterocycles. The van der Waals surface area contributed by atoms with Gasteiger partial charge in [-0.1, -0.05) is 67.6 Å². The van der Waals surface area contributed by atoms with Crippen molar-refractivity contribution in [3.63, 3.8) is 0 Å². The van der Waals surface area contributed by atoms with Gasteiger partial charge in [0.2, 0.25) is 0 Å². The third-order valence-corrected chi connectivity index (χ3v) is 6.26. The summed E-state index contributed by atoms with van der Waals surface area (Å²) in [4.78, 5) is 11.4. The van der Waals surface area contributed by atoms with E-state index in [2.05, 4.69) is 48.5 Å². The zero-order valence-electron chi connectivity index (χ0n) is 19.2. The highest BCUT2D eigenvalue weighted by molar-refractivity contribution is 5.78. The molecule has 0 saturated carbocycles. The highest BCUT2D eigenvalue weighted by atomic mass is 16.5. The van der Waals surface area contributed by atoms with Gasteiger partial charge in [0.1, 0.15) is 5.75 Å². The first kappa shape index (κ1) is 23.1. The fourth-order valence-corrected chi connectivity index (χ4v) is 4.62. The molecule has 1 atom stereocenters. The van der Waals surface area contributed by atoms with E-state index < -0.39 is 12.1 Å². The van der Waals surface area contributed by atoms with Crippen LogP contribution in [0.5, 0.6) is 5.75 Å². The standard InChI is InChI=1S/C29H32O4/c1-2-18-33-28(29(30)31)20-21-14-16-22(17-15-21)32-19-8-7-13-27-25-11-5-3-9-23(25)24-10-4-6-12-26(24)27/h3-6,9-12,14-17,27-28H,2,7-8,13,18-20H2,1H3,(H,30,31). The highest BCUT2D eigenvalue weighted by Gasteiger charge is 2.27. The van der Waals surface area contributed by atoms with Crippen molar-refractivity contribution in [1.29, 1.82) is 0 Å². The highest BCUT2D eigenvalue weighted by Crippen LogP contribution is 2.46. The number of fused-ring (bicyclic) bond motifs is 3. The summed E-state index contributed by atoms with van der Waals surface area (Å²) in [6.07, 6.45) is 3.57. The molecule has 3 aromatic rings. The van der Waals surface area contributed by atoms with Gasteiger partial charge in [-0.2, -0.15) is 0 Å². The molecule has 3 aromatic carbocycles. The lowest BCUT2D eigenvalue weighted by atomic mass is 9.92. The Morgan fingerprint density at radius 2 is 1.52 bits per heavy atom. The van der Waals surface area contributed by atoms with Crippen molar-refractivity contribution in [2.45, 2.75) is 51.0 Å². The minimum Gasteiger partial charge on any atom is -0.494 e. The Kier molecular flexibility index (Phi) is 7.79. The van der Waals surface area contributed by atoms with E-state index in [1.807, 2.05) is 31.2 Å². The second-order valence-electron chi connectivity index (χ2n) is 8.62. The second-order valence-corrected chi connectivity index (χ2v) is 8.62. The number of carboxylic acid groups (broad SMARTS) is 1. The van der Waals surface area contributed by atoms with E-state index in [9.17, 15) is 9.90 Å². The molecule has 0 aliphatic heterocycles. The first-order valence-electron chi connectivity index (χ1n) is 11.9. The SMILES string of the molecule is CCCOC(Cc1ccc(OCCCCC2c3ccccc3-c3ccccc32)cc1)C(=O)O. The van der Waals surface area contributed by atoms with Crippen molar-refractivity contribution < 1.29 is 19.4 Å². The summed E-state index contributed by atoms with van der Waals surface area (Å²) in [5, 5.41) is 9.32. The maximum atomic E-state index is 11.4. The van der Waals surface area contributed by atoms with Gasteiger partial charge in [0.25, 0.3) is 0 Å². The van der Waals surface area contributed by atoms with Crippen molar-refractivity contribution in [3.05, 3.63) is 89.5 Å². The average Bonchev–Trinajstić information content (AvgIpc) is 3.16. The van der Waals surface area contributed by atoms with Crippen molar-refractivity contribution in [3.8, 4) is 16.9 Å². The van der Waals surface area contributed by atoms with Crippen LogP contribution in [0, 0.1) is 0 Å². The smallest absolute Gasteiger partial charge is 0.333 e. The Hall–Kier alpha value is -3.11. The molecular formula is C29H32O4. The average molecular weight is 445 g/mol. The van der Waals surface area contributed by atoms with E-state index in [1.54, 1.807) is 0 Å². The molecule has 1 aliphatic rings. The van der Waals surface area contributed by atoms with Crippen LogP contribution in [-0.2, 0) is 16.0 Å². The van der Waals surface area contributed by atoms with Gasteiger partial charge in [-0.15, -0.1) is 0 Å². The van der Waals surface area contributed by atoms with E-state index in [-0.39, 0.29) is 0 Å². The number of benzene rings is 3. The lowest BCUT2D eigenvalue weighted by Gasteiger charge is -2.14. The lowest BCUT2D eigenvalue weighted by Crippen LogP contribution is -2.26. The summed E-state index contributed by atoms with van der Waals surface area (Å²) in [6.45, 7) is 3.10. The molecule has 172 valence electrons. The molecule has 4 rings (SSSR count). The third-order valence-electron chi connectivity index (χ3n) is 6.26. The molecule has 0 bridgehead atoms. The largest absolute Gasteiger partial charge is 0.494 e. The molecule has 4 nitrogen and oxygen atoms in total. The fourth-order valence-electron chi connectivity index (χ4n) is 4.62. The Balaban J connectivity index is 1.24. The Bertz CT molecular complexity index is 1010. The van der Waals surface area contributed by atoms with Gasteiger partial charge >= 0.3 is 5.97 Å². The maximum absolute atomic E-state index is 11.4. The number of hydrogen-bond acceptors (Lipinski definition) is 3. The van der Waals surface area contributed by atoms with Gasteiger partial charge in [-0.25, -0.2) is 4.79 Å². The number of hydrogen-bond donors (Lipinski definition) is 1. The summed E-state index contributed by atoms with van der Waals surface area (Å²) in [5.41, 5.74) is 6.57. The van der Waals surface area contributed by atoms with Crippen LogP contribution in [0.2, 0.25) is 0 Å². The molecule has 0 fully saturated rings. The first-order chi connectivity index (χ1) is 16.2. The molecule has 0 radical (unpaired) electrons. The third kappa shape index (κ3) is 5.63. The van der Waals surface area contributed by atoms with Crippen LogP contribution in [0.1, 0.15) is 55.2 Å². The van der Waals surface area contributed by atoms with Crippen LogP contribution < -0.4 is 4.74 Å². The molecule has 1 aliphatic carbocycles. The van der Waals surface area contributed by atoms with Crippen molar-refractivity contribution in [2.24, 2.45) is 0 Å². The van der Waals surface area contributed by atoms with E-state index in [4.69, 9.17) is 9.47 Å². The first-order valence-corrected chi connectivity index (χ1v) is 11.9. The molecule has 0 amide bonds. The minimum atomic E-state index is -0.920. The van der Waals surface area contributed by atoms with E-state index in [1.165, 1.54) is 22.3 Å². The summed E-state index contributed by atoms with van der Waals surface area (Å²) in [5.74, 6) is 0.363. The Morgan fingerprint density at radius 1 is 0.879 bits per heavy atom. The van der Waals surface area contributed by atoms with E-state index >= 15 is 0 Å². The zero-order valence-corrected chi connectivity index (χ0v) is 19.2. The number of ether oxygens (including phenoxy) is 2. The van der Waals surface area contributed by atoms with E-state index in [0.29, 0.717) is 25.6 Å². The monoisotopic (exact) mass is 444 g/mol. The molecule has 4 heteroatoms. The van der Waals surface area contributed by atoms with Crippen molar-refractivity contribution in [2.75, 3.05) is 13.2 Å². The molecule has 0 saturated heterocycles. The van der Waals surface area contributed by atoms with Crippen LogP contribution in [0.3, 0.4) is 0 Å². The predicted octanol–water partition coefficient (Wildman–Crippen LogP) is 6.47. The predicted molar refractivity (Wildman–Crippen MR) is 131 cm³/mol. The van der Waals surface area contributed by atoms with Crippen molar-refractivity contribution >= 4 is 5.97 Å². The fraction of sp³-hybridized carbons (Fsp3) is 0.345. The van der Waals surface area contributed by atoms with E-state index in [0.717, 1.165) is 37.0 Å². The van der Waals surface area contributed by atoms with Crippen LogP contribution in [0.15, 0.2) is 72.8 Å². The molecular weight excluding hydrogens is 412 g/mol. The summed E-state index contributed by atoms with van der Waals surface area (Å²) < 4.78 is 11.4. The summed E-state index contributed by atoms with van der Waals surface area (Å²) in [7, 11) is 0. The van der Waals surface area contributed by atoms with Gasteiger partial charge < -0.3 is 14.6 Å². The Morgan fingerprint density at radius 3 is 2.12 bits per heavy atom. The number of carbonyl (C=O) groups is 1. The summed E-state index contributed by atoms with van der Waals surface area (Å²) in [6, 6.07) is 25.2. The van der Waals surface area contributed by atoms with Crippen LogP contribution in [0.25, 0.3) is 11.1 Å². The van der Waals surface area contributed by atoms with Gasteiger partial charge in [-0.3, -0.25) is 0 Å².